The van der Waals surface area contributed by atoms with E-state index in [2.05, 4.69) is 41.7 Å². The van der Waals surface area contributed by atoms with Gasteiger partial charge in [0.25, 0.3) is 11.8 Å². The molecule has 5 unspecified atom stereocenters. The molecule has 3 aromatic rings. The lowest BCUT2D eigenvalue weighted by atomic mass is 9.81. The third-order valence-electron chi connectivity index (χ3n) is 8.22. The van der Waals surface area contributed by atoms with Gasteiger partial charge in [-0.3, -0.25) is 10.1 Å². The molecule has 0 aromatic carbocycles. The Labute approximate surface area is 277 Å². The van der Waals surface area contributed by atoms with E-state index in [1.165, 1.54) is 43.8 Å². The van der Waals surface area contributed by atoms with Crippen molar-refractivity contribution >= 4 is 67.1 Å². The van der Waals surface area contributed by atoms with Crippen molar-refractivity contribution in [2.45, 2.75) is 73.4 Å². The molecule has 5 N–H and O–H groups in total. The van der Waals surface area contributed by atoms with Crippen molar-refractivity contribution in [2.24, 2.45) is 5.92 Å². The molecule has 0 radical (unpaired) electrons. The zero-order valence-electron chi connectivity index (χ0n) is 24.3. The standard InChI is InChI=1S/C26H32F4N10O2S4/c27-25(28)9-39(10-25)23-31-15(7-43-23)5-17(41)33-21-37-35-19(45-21)13-2-1-3-14(4-13)20-36-38-22(46-20)34-18(42)6-16-8-44-24(32-16)40-11-26(29,30)12-40/h7-8,13-14,17,19,21,33,35,37,41H,1-6,9-12H2,(H,34,38,42). The molecular weight excluding hydrogens is 689 g/mol. The van der Waals surface area contributed by atoms with Gasteiger partial charge in [-0.15, -0.1) is 44.6 Å². The smallest absolute Gasteiger partial charge is 0.282 e. The number of thioether (sulfide) groups is 1. The van der Waals surface area contributed by atoms with E-state index >= 15 is 0 Å². The minimum Gasteiger partial charge on any atom is -0.378 e. The van der Waals surface area contributed by atoms with Crippen molar-refractivity contribution in [1.29, 1.82) is 0 Å². The van der Waals surface area contributed by atoms with Crippen molar-refractivity contribution in [2.75, 3.05) is 41.3 Å². The second kappa shape index (κ2) is 13.0. The number of carbonyl (C=O) groups excluding carboxylic acids is 1. The number of aliphatic hydroxyl groups is 1. The fourth-order valence-electron chi connectivity index (χ4n) is 5.97. The lowest BCUT2D eigenvalue weighted by Crippen LogP contribution is -2.56. The molecule has 46 heavy (non-hydrogen) atoms. The lowest BCUT2D eigenvalue weighted by Gasteiger charge is -2.38. The summed E-state index contributed by atoms with van der Waals surface area (Å²) in [6, 6.07) is 0. The van der Waals surface area contributed by atoms with Crippen LogP contribution < -0.4 is 31.3 Å². The van der Waals surface area contributed by atoms with E-state index in [4.69, 9.17) is 0 Å². The van der Waals surface area contributed by atoms with Gasteiger partial charge in [0.1, 0.15) is 16.7 Å². The first-order chi connectivity index (χ1) is 22.0. The molecule has 0 spiro atoms. The number of thiazole rings is 2. The molecule has 3 aromatic heterocycles. The molecule has 20 heteroatoms. The van der Waals surface area contributed by atoms with Gasteiger partial charge in [0, 0.05) is 23.1 Å². The van der Waals surface area contributed by atoms with Crippen molar-refractivity contribution in [3.63, 3.8) is 0 Å². The minimum atomic E-state index is -2.68. The minimum absolute atomic E-state index is 0.0214. The van der Waals surface area contributed by atoms with Gasteiger partial charge in [-0.25, -0.2) is 38.4 Å². The van der Waals surface area contributed by atoms with Crippen molar-refractivity contribution in [3.05, 3.63) is 27.2 Å². The second-order valence-corrected chi connectivity index (χ2v) is 16.0. The molecule has 7 rings (SSSR count). The number of hydrogen-bond donors (Lipinski definition) is 5. The number of amides is 1. The Hall–Kier alpha value is -2.20. The molecule has 12 nitrogen and oxygen atoms in total. The zero-order chi connectivity index (χ0) is 32.1. The Bertz CT molecular complexity index is 1530. The molecule has 1 amide bonds. The molecule has 1 saturated carbocycles. The molecule has 3 saturated heterocycles. The highest BCUT2D eigenvalue weighted by Gasteiger charge is 2.46. The zero-order valence-corrected chi connectivity index (χ0v) is 27.6. The van der Waals surface area contributed by atoms with E-state index in [9.17, 15) is 27.5 Å². The van der Waals surface area contributed by atoms with Crippen LogP contribution >= 0.6 is 45.8 Å². The second-order valence-electron chi connectivity index (χ2n) is 12.1. The molecule has 6 heterocycles. The van der Waals surface area contributed by atoms with Crippen LogP contribution in [0.1, 0.15) is 48.0 Å². The summed E-state index contributed by atoms with van der Waals surface area (Å²) in [6.45, 7) is -1.34. The highest BCUT2D eigenvalue weighted by Crippen LogP contribution is 2.42. The van der Waals surface area contributed by atoms with E-state index in [1.807, 2.05) is 0 Å². The van der Waals surface area contributed by atoms with Crippen molar-refractivity contribution in [1.82, 2.24) is 36.3 Å². The van der Waals surface area contributed by atoms with Crippen LogP contribution in [0, 0.1) is 5.92 Å². The summed E-state index contributed by atoms with van der Waals surface area (Å²) in [5, 5.41) is 31.1. The maximum atomic E-state index is 13.2. The predicted octanol–water partition coefficient (Wildman–Crippen LogP) is 3.42. The fraction of sp³-hybridized carbons (Fsp3) is 0.654. The summed E-state index contributed by atoms with van der Waals surface area (Å²) in [5.74, 6) is -5.06. The molecule has 5 atom stereocenters. The van der Waals surface area contributed by atoms with Gasteiger partial charge in [-0.1, -0.05) is 17.8 Å². The van der Waals surface area contributed by atoms with Gasteiger partial charge in [-0.2, -0.15) is 0 Å². The number of rotatable bonds is 11. The van der Waals surface area contributed by atoms with E-state index < -0.39 is 18.1 Å². The molecule has 1 aliphatic carbocycles. The maximum absolute atomic E-state index is 13.2. The normalized spacial score (nSPS) is 27.7. The summed E-state index contributed by atoms with van der Waals surface area (Å²) in [4.78, 5) is 24.4. The van der Waals surface area contributed by atoms with Crippen LogP contribution in [-0.2, 0) is 17.6 Å². The monoisotopic (exact) mass is 720 g/mol. The average molecular weight is 721 g/mol. The van der Waals surface area contributed by atoms with Crippen LogP contribution in [-0.4, -0.2) is 86.3 Å². The Morgan fingerprint density at radius 3 is 2.37 bits per heavy atom. The maximum Gasteiger partial charge on any atom is 0.282 e. The van der Waals surface area contributed by atoms with Gasteiger partial charge < -0.3 is 20.2 Å². The average Bonchev–Trinajstić information content (AvgIpc) is 3.79. The van der Waals surface area contributed by atoms with Gasteiger partial charge >= 0.3 is 0 Å². The Kier molecular flexibility index (Phi) is 9.15. The Morgan fingerprint density at radius 1 is 1.00 bits per heavy atom. The number of carbonyl (C=O) groups is 1. The van der Waals surface area contributed by atoms with Gasteiger partial charge in [0.2, 0.25) is 11.0 Å². The molecule has 0 bridgehead atoms. The Morgan fingerprint density at radius 2 is 1.67 bits per heavy atom. The van der Waals surface area contributed by atoms with Gasteiger partial charge in [0.05, 0.1) is 49.4 Å². The number of alkyl halides is 4. The van der Waals surface area contributed by atoms with Crippen LogP contribution in [0.2, 0.25) is 0 Å². The fourth-order valence-corrected chi connectivity index (χ4v) is 9.81. The molecule has 4 fully saturated rings. The largest absolute Gasteiger partial charge is 0.378 e. The summed E-state index contributed by atoms with van der Waals surface area (Å²) in [7, 11) is 0. The highest BCUT2D eigenvalue weighted by atomic mass is 32.2. The predicted molar refractivity (Wildman–Crippen MR) is 170 cm³/mol. The van der Waals surface area contributed by atoms with Gasteiger partial charge in [0.15, 0.2) is 10.3 Å². The number of hydrogen-bond acceptors (Lipinski definition) is 15. The molecule has 4 aliphatic rings. The van der Waals surface area contributed by atoms with Crippen LogP contribution in [0.15, 0.2) is 10.8 Å². The number of nitrogens with zero attached hydrogens (tertiary/aromatic N) is 6. The van der Waals surface area contributed by atoms with Crippen LogP contribution in [0.25, 0.3) is 0 Å². The van der Waals surface area contributed by atoms with Crippen LogP contribution in [0.3, 0.4) is 0 Å². The van der Waals surface area contributed by atoms with Crippen LogP contribution in [0.5, 0.6) is 0 Å². The summed E-state index contributed by atoms with van der Waals surface area (Å²) >= 11 is 5.58. The van der Waals surface area contributed by atoms with E-state index in [0.717, 1.165) is 30.7 Å². The Balaban J connectivity index is 0.849. The number of halogens is 4. The van der Waals surface area contributed by atoms with Gasteiger partial charge in [-0.05, 0) is 25.2 Å². The SMILES string of the molecule is O=C(Cc1csc(N2CC(F)(F)C2)n1)Nc1nnc(C2CCCC(C3NNC(NC(O)Cc4csc(N5CC(F)(F)C5)n4)S3)C2)s1. The summed E-state index contributed by atoms with van der Waals surface area (Å²) in [6.07, 6.45) is 3.37. The number of hydrazine groups is 1. The summed E-state index contributed by atoms with van der Waals surface area (Å²) < 4.78 is 52.7. The first-order valence-corrected chi connectivity index (χ1v) is 18.4. The number of nitrogens with one attached hydrogen (secondary N) is 4. The van der Waals surface area contributed by atoms with E-state index in [-0.39, 0.29) is 61.7 Å². The van der Waals surface area contributed by atoms with E-state index in [1.54, 1.807) is 22.5 Å². The number of anilines is 3. The number of aliphatic hydroxyl groups excluding tert-OH is 1. The molecule has 250 valence electrons. The third-order valence-corrected chi connectivity index (χ3v) is 12.4. The lowest BCUT2D eigenvalue weighted by molar-refractivity contribution is -0.115. The molecule has 3 aliphatic heterocycles. The first-order valence-electron chi connectivity index (χ1n) is 14.9. The summed E-state index contributed by atoms with van der Waals surface area (Å²) in [5.41, 5.74) is 7.51. The molecular formula is C26H32F4N10O2S4. The van der Waals surface area contributed by atoms with E-state index in [0.29, 0.717) is 32.7 Å². The van der Waals surface area contributed by atoms with Crippen LogP contribution in [0.4, 0.5) is 33.0 Å². The van der Waals surface area contributed by atoms with Crippen molar-refractivity contribution < 1.29 is 27.5 Å². The number of aromatic nitrogens is 4. The van der Waals surface area contributed by atoms with Crippen molar-refractivity contribution in [3.8, 4) is 0 Å². The first kappa shape index (κ1) is 32.4. The highest BCUT2D eigenvalue weighted by molar-refractivity contribution is 8.00. The topological polar surface area (TPSA) is 143 Å². The third kappa shape index (κ3) is 7.58. The quantitative estimate of drug-likeness (QED) is 0.146.